The number of hydrogen-bond donors (Lipinski definition) is 0. The Labute approximate surface area is 128 Å². The summed E-state index contributed by atoms with van der Waals surface area (Å²) in [6.45, 7) is 5.85. The van der Waals surface area contributed by atoms with Gasteiger partial charge in [-0.1, -0.05) is 0 Å². The Morgan fingerprint density at radius 3 is 2.82 bits per heavy atom. The van der Waals surface area contributed by atoms with Crippen LogP contribution in [0.3, 0.4) is 0 Å². The molecular formula is C16H18N2O4. The summed E-state index contributed by atoms with van der Waals surface area (Å²) in [7, 11) is 1.59. The van der Waals surface area contributed by atoms with Crippen molar-refractivity contribution in [3.63, 3.8) is 0 Å². The van der Waals surface area contributed by atoms with Gasteiger partial charge in [0, 0.05) is 13.0 Å². The number of amides is 1. The van der Waals surface area contributed by atoms with Crippen molar-refractivity contribution in [1.82, 2.24) is 4.98 Å². The van der Waals surface area contributed by atoms with Crippen LogP contribution in [0.25, 0.3) is 0 Å². The van der Waals surface area contributed by atoms with E-state index in [9.17, 15) is 4.79 Å². The van der Waals surface area contributed by atoms with Gasteiger partial charge >= 0.3 is 0 Å². The molecule has 6 nitrogen and oxygen atoms in total. The number of carbonyl (C=O) groups excluding carboxylic acids is 1. The highest BCUT2D eigenvalue weighted by molar-refractivity contribution is 6.06. The van der Waals surface area contributed by atoms with Gasteiger partial charge in [0.05, 0.1) is 25.0 Å². The summed E-state index contributed by atoms with van der Waals surface area (Å²) >= 11 is 0. The lowest BCUT2D eigenvalue weighted by molar-refractivity contribution is 0.0932. The molecule has 3 rings (SSSR count). The van der Waals surface area contributed by atoms with Crippen molar-refractivity contribution in [2.45, 2.75) is 26.9 Å². The zero-order valence-electron chi connectivity index (χ0n) is 13.0. The first-order chi connectivity index (χ1) is 10.5. The van der Waals surface area contributed by atoms with E-state index >= 15 is 0 Å². The number of nitrogens with zero attached hydrogens (tertiary/aromatic N) is 2. The van der Waals surface area contributed by atoms with Gasteiger partial charge in [0.15, 0.2) is 5.89 Å². The molecule has 22 heavy (non-hydrogen) atoms. The number of carbonyl (C=O) groups is 1. The fraction of sp³-hybridized carbons (Fsp3) is 0.375. The molecule has 0 N–H and O–H groups in total. The van der Waals surface area contributed by atoms with E-state index in [0.29, 0.717) is 35.3 Å². The van der Waals surface area contributed by atoms with Gasteiger partial charge in [-0.3, -0.25) is 9.69 Å². The highest BCUT2D eigenvalue weighted by Crippen LogP contribution is 2.37. The molecule has 0 fully saturated rings. The quantitative estimate of drug-likeness (QED) is 0.853. The first-order valence-corrected chi connectivity index (χ1v) is 7.10. The van der Waals surface area contributed by atoms with Crippen LogP contribution in [0.1, 0.15) is 29.1 Å². The third-order valence-electron chi connectivity index (χ3n) is 3.57. The summed E-state index contributed by atoms with van der Waals surface area (Å²) in [5, 5.41) is 0. The zero-order chi connectivity index (χ0) is 15.9. The second-order valence-corrected chi connectivity index (χ2v) is 5.33. The average molecular weight is 302 g/mol. The van der Waals surface area contributed by atoms with Gasteiger partial charge in [-0.25, -0.2) is 4.98 Å². The smallest absolute Gasteiger partial charge is 0.296 e. The Bertz CT molecular complexity index is 723. The standard InChI is InChI=1S/C16H18N2O4/c1-9-8-18(16(19)15-10(2)17-11(3)22-15)13-7-12(20-4)5-6-14(13)21-9/h5-7,9H,8H2,1-4H3. The fourth-order valence-corrected chi connectivity index (χ4v) is 2.59. The van der Waals surface area contributed by atoms with E-state index in [-0.39, 0.29) is 17.8 Å². The Hall–Kier alpha value is -2.50. The predicted octanol–water partition coefficient (Wildman–Crippen LogP) is 2.73. The van der Waals surface area contributed by atoms with Gasteiger partial charge in [-0.15, -0.1) is 0 Å². The molecule has 1 aromatic carbocycles. The summed E-state index contributed by atoms with van der Waals surface area (Å²) in [4.78, 5) is 18.7. The van der Waals surface area contributed by atoms with Crippen molar-refractivity contribution in [2.24, 2.45) is 0 Å². The summed E-state index contributed by atoms with van der Waals surface area (Å²) in [6, 6.07) is 5.41. The molecule has 0 saturated carbocycles. The summed E-state index contributed by atoms with van der Waals surface area (Å²) in [5.41, 5.74) is 1.27. The van der Waals surface area contributed by atoms with E-state index in [1.54, 1.807) is 31.9 Å². The van der Waals surface area contributed by atoms with Crippen molar-refractivity contribution in [3.8, 4) is 11.5 Å². The molecule has 0 aliphatic carbocycles. The van der Waals surface area contributed by atoms with Gasteiger partial charge in [0.25, 0.3) is 5.91 Å². The minimum Gasteiger partial charge on any atom is -0.497 e. The Balaban J connectivity index is 2.04. The number of benzene rings is 1. The van der Waals surface area contributed by atoms with Gasteiger partial charge in [-0.05, 0) is 26.0 Å². The van der Waals surface area contributed by atoms with E-state index in [0.717, 1.165) is 0 Å². The van der Waals surface area contributed by atoms with Gasteiger partial charge in [0.2, 0.25) is 5.76 Å². The molecule has 1 amide bonds. The SMILES string of the molecule is COc1ccc2c(c1)N(C(=O)c1oc(C)nc1C)CC(C)O2. The zero-order valence-corrected chi connectivity index (χ0v) is 13.0. The molecule has 0 bridgehead atoms. The molecule has 6 heteroatoms. The first-order valence-electron chi connectivity index (χ1n) is 7.10. The minimum absolute atomic E-state index is 0.103. The van der Waals surface area contributed by atoms with E-state index in [4.69, 9.17) is 13.9 Å². The van der Waals surface area contributed by atoms with Crippen LogP contribution >= 0.6 is 0 Å². The van der Waals surface area contributed by atoms with Crippen molar-refractivity contribution >= 4 is 11.6 Å². The molecule has 0 saturated heterocycles. The Kier molecular flexibility index (Phi) is 3.52. The summed E-state index contributed by atoms with van der Waals surface area (Å²) < 4.78 is 16.5. The molecule has 1 aromatic heterocycles. The number of rotatable bonds is 2. The monoisotopic (exact) mass is 302 g/mol. The molecule has 116 valence electrons. The molecule has 1 unspecified atom stereocenters. The molecule has 1 aliphatic rings. The molecule has 2 aromatic rings. The summed E-state index contributed by atoms with van der Waals surface area (Å²) in [6.07, 6.45) is -0.103. The molecular weight excluding hydrogens is 284 g/mol. The van der Waals surface area contributed by atoms with Crippen LogP contribution < -0.4 is 14.4 Å². The lowest BCUT2D eigenvalue weighted by Crippen LogP contribution is -2.42. The van der Waals surface area contributed by atoms with Crippen molar-refractivity contribution in [2.75, 3.05) is 18.6 Å². The topological polar surface area (TPSA) is 64.8 Å². The number of methoxy groups -OCH3 is 1. The largest absolute Gasteiger partial charge is 0.497 e. The normalized spacial score (nSPS) is 16.9. The highest BCUT2D eigenvalue weighted by atomic mass is 16.5. The molecule has 2 heterocycles. The van der Waals surface area contributed by atoms with Crippen LogP contribution in [-0.4, -0.2) is 30.6 Å². The second-order valence-electron chi connectivity index (χ2n) is 5.33. The van der Waals surface area contributed by atoms with Crippen LogP contribution in [0.4, 0.5) is 5.69 Å². The molecule has 0 spiro atoms. The van der Waals surface area contributed by atoms with Crippen LogP contribution in [0.15, 0.2) is 22.6 Å². The molecule has 1 aliphatic heterocycles. The summed E-state index contributed by atoms with van der Waals surface area (Å²) in [5.74, 6) is 1.85. The van der Waals surface area contributed by atoms with E-state index < -0.39 is 0 Å². The third-order valence-corrected chi connectivity index (χ3v) is 3.57. The molecule has 1 atom stereocenters. The predicted molar refractivity (Wildman–Crippen MR) is 80.7 cm³/mol. The lowest BCUT2D eigenvalue weighted by Gasteiger charge is -2.33. The van der Waals surface area contributed by atoms with Crippen LogP contribution in [0.2, 0.25) is 0 Å². The van der Waals surface area contributed by atoms with E-state index in [2.05, 4.69) is 4.98 Å². The fourth-order valence-electron chi connectivity index (χ4n) is 2.59. The molecule has 0 radical (unpaired) electrons. The van der Waals surface area contributed by atoms with E-state index in [1.807, 2.05) is 19.1 Å². The van der Waals surface area contributed by atoms with Crippen molar-refractivity contribution in [3.05, 3.63) is 35.5 Å². The second kappa shape index (κ2) is 5.36. The lowest BCUT2D eigenvalue weighted by atomic mass is 10.1. The number of hydrogen-bond acceptors (Lipinski definition) is 5. The van der Waals surface area contributed by atoms with Crippen LogP contribution in [0, 0.1) is 13.8 Å². The van der Waals surface area contributed by atoms with Gasteiger partial charge in [0.1, 0.15) is 17.6 Å². The number of oxazole rings is 1. The van der Waals surface area contributed by atoms with Crippen molar-refractivity contribution in [1.29, 1.82) is 0 Å². The van der Waals surface area contributed by atoms with Gasteiger partial charge < -0.3 is 13.9 Å². The number of fused-ring (bicyclic) bond motifs is 1. The number of aromatic nitrogens is 1. The third kappa shape index (κ3) is 2.41. The average Bonchev–Trinajstić information content (AvgIpc) is 2.83. The van der Waals surface area contributed by atoms with Gasteiger partial charge in [-0.2, -0.15) is 0 Å². The van der Waals surface area contributed by atoms with Crippen LogP contribution in [0.5, 0.6) is 11.5 Å². The minimum atomic E-state index is -0.220. The maximum absolute atomic E-state index is 12.8. The highest BCUT2D eigenvalue weighted by Gasteiger charge is 2.31. The number of aryl methyl sites for hydroxylation is 2. The van der Waals surface area contributed by atoms with Crippen LogP contribution in [-0.2, 0) is 0 Å². The Morgan fingerprint density at radius 1 is 1.41 bits per heavy atom. The first kappa shape index (κ1) is 14.4. The Morgan fingerprint density at radius 2 is 2.18 bits per heavy atom. The maximum Gasteiger partial charge on any atom is 0.296 e. The number of ether oxygens (including phenoxy) is 2. The maximum atomic E-state index is 12.8. The van der Waals surface area contributed by atoms with Crippen molar-refractivity contribution < 1.29 is 18.7 Å². The van der Waals surface area contributed by atoms with E-state index in [1.165, 1.54) is 0 Å². The number of anilines is 1.